The van der Waals surface area contributed by atoms with Gasteiger partial charge in [0.1, 0.15) is 10.7 Å². The van der Waals surface area contributed by atoms with Crippen molar-refractivity contribution in [2.75, 3.05) is 31.6 Å². The van der Waals surface area contributed by atoms with Gasteiger partial charge in [0.2, 0.25) is 5.91 Å². The molecule has 0 saturated carbocycles. The molecule has 3 aromatic rings. The lowest BCUT2D eigenvalue weighted by atomic mass is 10.2. The first-order valence-corrected chi connectivity index (χ1v) is 11.2. The quantitative estimate of drug-likeness (QED) is 0.619. The number of carbonyl (C=O) groups is 1. The average molecular weight is 434 g/mol. The molecule has 1 amide bonds. The van der Waals surface area contributed by atoms with Gasteiger partial charge in [0.05, 0.1) is 24.3 Å². The summed E-state index contributed by atoms with van der Waals surface area (Å²) in [7, 11) is 0. The largest absolute Gasteiger partial charge is 0.379 e. The zero-order valence-electron chi connectivity index (χ0n) is 16.4. The number of hydrogen-bond donors (Lipinski definition) is 2. The van der Waals surface area contributed by atoms with E-state index in [2.05, 4.69) is 25.2 Å². The summed E-state index contributed by atoms with van der Waals surface area (Å²) in [5.41, 5.74) is 1.78. The fraction of sp³-hybridized carbons (Fsp3) is 0.474. The van der Waals surface area contributed by atoms with Crippen LogP contribution in [0.5, 0.6) is 0 Å². The van der Waals surface area contributed by atoms with Crippen LogP contribution in [0, 0.1) is 13.8 Å². The molecule has 1 aliphatic heterocycles. The number of nitrogens with zero attached hydrogens (tertiary/aromatic N) is 3. The van der Waals surface area contributed by atoms with Crippen molar-refractivity contribution in [1.82, 2.24) is 19.9 Å². The monoisotopic (exact) mass is 433 g/mol. The van der Waals surface area contributed by atoms with Gasteiger partial charge in [-0.15, -0.1) is 22.7 Å². The van der Waals surface area contributed by atoms with Crippen LogP contribution in [0.15, 0.2) is 10.2 Å². The van der Waals surface area contributed by atoms with Crippen molar-refractivity contribution < 1.29 is 9.53 Å². The second-order valence-corrected chi connectivity index (χ2v) is 9.12. The SMILES string of the molecule is Cc1sc2nc(CCC(=O)Nc3nc(CN4CCOCC4)cs3)[nH]c(=O)c2c1C. The highest BCUT2D eigenvalue weighted by atomic mass is 32.1. The molecule has 8 nitrogen and oxygen atoms in total. The minimum Gasteiger partial charge on any atom is -0.379 e. The number of fused-ring (bicyclic) bond motifs is 1. The normalized spacial score (nSPS) is 15.1. The topological polar surface area (TPSA) is 100 Å². The van der Waals surface area contributed by atoms with Gasteiger partial charge in [0.25, 0.3) is 5.56 Å². The molecular weight excluding hydrogens is 410 g/mol. The maximum absolute atomic E-state index is 12.3. The van der Waals surface area contributed by atoms with E-state index in [0.717, 1.165) is 53.8 Å². The highest BCUT2D eigenvalue weighted by Crippen LogP contribution is 2.25. The van der Waals surface area contributed by atoms with Gasteiger partial charge in [0, 0.05) is 42.7 Å². The fourth-order valence-electron chi connectivity index (χ4n) is 3.26. The third kappa shape index (κ3) is 4.72. The fourth-order valence-corrected chi connectivity index (χ4v) is 5.02. The maximum atomic E-state index is 12.3. The molecule has 0 radical (unpaired) electrons. The lowest BCUT2D eigenvalue weighted by Gasteiger charge is -2.25. The van der Waals surface area contributed by atoms with Crippen molar-refractivity contribution in [3.8, 4) is 0 Å². The highest BCUT2D eigenvalue weighted by molar-refractivity contribution is 7.18. The molecule has 10 heteroatoms. The third-order valence-corrected chi connectivity index (χ3v) is 6.87. The molecule has 4 heterocycles. The number of rotatable bonds is 6. The van der Waals surface area contributed by atoms with E-state index in [1.165, 1.54) is 22.7 Å². The van der Waals surface area contributed by atoms with E-state index in [9.17, 15) is 9.59 Å². The second-order valence-electron chi connectivity index (χ2n) is 7.06. The molecular formula is C19H23N5O3S2. The number of thiazole rings is 1. The number of carbonyl (C=O) groups excluding carboxylic acids is 1. The van der Waals surface area contributed by atoms with Gasteiger partial charge in [-0.3, -0.25) is 14.5 Å². The molecule has 0 bridgehead atoms. The van der Waals surface area contributed by atoms with Gasteiger partial charge in [-0.25, -0.2) is 9.97 Å². The van der Waals surface area contributed by atoms with Crippen LogP contribution in [0.3, 0.4) is 0 Å². The molecule has 0 atom stereocenters. The Morgan fingerprint density at radius 3 is 2.90 bits per heavy atom. The summed E-state index contributed by atoms with van der Waals surface area (Å²) in [4.78, 5) is 40.6. The zero-order chi connectivity index (χ0) is 20.4. The van der Waals surface area contributed by atoms with Gasteiger partial charge in [-0.1, -0.05) is 0 Å². The standard InChI is InChI=1S/C19H23N5O3S2/c1-11-12(2)29-18-16(11)17(26)21-14(22-18)3-4-15(25)23-19-20-13(10-28-19)9-24-5-7-27-8-6-24/h10H,3-9H2,1-2H3,(H,20,23,25)(H,21,22,26). The molecule has 1 saturated heterocycles. The van der Waals surface area contributed by atoms with Crippen LogP contribution in [0.2, 0.25) is 0 Å². The summed E-state index contributed by atoms with van der Waals surface area (Å²) in [6.45, 7) is 7.98. The molecule has 1 fully saturated rings. The van der Waals surface area contributed by atoms with Crippen molar-refractivity contribution in [2.45, 2.75) is 33.2 Å². The van der Waals surface area contributed by atoms with Crippen molar-refractivity contribution in [3.05, 3.63) is 37.7 Å². The number of anilines is 1. The van der Waals surface area contributed by atoms with Crippen LogP contribution >= 0.6 is 22.7 Å². The molecule has 0 aliphatic carbocycles. The lowest BCUT2D eigenvalue weighted by molar-refractivity contribution is -0.116. The average Bonchev–Trinajstić information content (AvgIpc) is 3.25. The first-order valence-electron chi connectivity index (χ1n) is 9.53. The Morgan fingerprint density at radius 1 is 1.31 bits per heavy atom. The summed E-state index contributed by atoms with van der Waals surface area (Å²) < 4.78 is 5.35. The third-order valence-electron chi connectivity index (χ3n) is 4.96. The molecule has 0 spiro atoms. The number of hydrogen-bond acceptors (Lipinski definition) is 8. The van der Waals surface area contributed by atoms with E-state index in [1.54, 1.807) is 0 Å². The smallest absolute Gasteiger partial charge is 0.259 e. The van der Waals surface area contributed by atoms with E-state index < -0.39 is 0 Å². The first-order chi connectivity index (χ1) is 14.0. The number of aromatic nitrogens is 3. The van der Waals surface area contributed by atoms with Crippen molar-refractivity contribution in [2.24, 2.45) is 0 Å². The van der Waals surface area contributed by atoms with Crippen LogP contribution in [0.1, 0.15) is 28.4 Å². The summed E-state index contributed by atoms with van der Waals surface area (Å²) in [5.74, 6) is 0.393. The van der Waals surface area contributed by atoms with Gasteiger partial charge in [0.15, 0.2) is 5.13 Å². The van der Waals surface area contributed by atoms with Crippen LogP contribution in [-0.4, -0.2) is 52.1 Å². The summed E-state index contributed by atoms with van der Waals surface area (Å²) >= 11 is 2.93. The molecule has 29 heavy (non-hydrogen) atoms. The van der Waals surface area contributed by atoms with Crippen molar-refractivity contribution in [1.29, 1.82) is 0 Å². The predicted octanol–water partition coefficient (Wildman–Crippen LogP) is 2.46. The Kier molecular flexibility index (Phi) is 6.04. The summed E-state index contributed by atoms with van der Waals surface area (Å²) in [6, 6.07) is 0. The number of thiophene rings is 1. The van der Waals surface area contributed by atoms with Crippen molar-refractivity contribution >= 4 is 43.9 Å². The number of morpholine rings is 1. The molecule has 3 aromatic heterocycles. The number of aromatic amines is 1. The molecule has 1 aliphatic rings. The molecule has 0 aromatic carbocycles. The first kappa shape index (κ1) is 20.1. The van der Waals surface area contributed by atoms with E-state index in [-0.39, 0.29) is 17.9 Å². The molecule has 4 rings (SSSR count). The highest BCUT2D eigenvalue weighted by Gasteiger charge is 2.15. The Hall–Kier alpha value is -2.14. The molecule has 154 valence electrons. The summed E-state index contributed by atoms with van der Waals surface area (Å²) in [6.07, 6.45) is 0.606. The second kappa shape index (κ2) is 8.70. The number of H-pyrrole nitrogens is 1. The van der Waals surface area contributed by atoms with Gasteiger partial charge < -0.3 is 15.0 Å². The Balaban J connectivity index is 1.33. The predicted molar refractivity (Wildman–Crippen MR) is 115 cm³/mol. The van der Waals surface area contributed by atoms with E-state index >= 15 is 0 Å². The maximum Gasteiger partial charge on any atom is 0.259 e. The van der Waals surface area contributed by atoms with Gasteiger partial charge >= 0.3 is 0 Å². The van der Waals surface area contributed by atoms with Crippen molar-refractivity contribution in [3.63, 3.8) is 0 Å². The van der Waals surface area contributed by atoms with Crippen LogP contribution in [-0.2, 0) is 22.5 Å². The van der Waals surface area contributed by atoms with Crippen LogP contribution < -0.4 is 10.9 Å². The summed E-state index contributed by atoms with van der Waals surface area (Å²) in [5, 5.41) is 6.06. The molecule has 2 N–H and O–H groups in total. The Labute approximate surface area is 175 Å². The number of amides is 1. The minimum absolute atomic E-state index is 0.139. The Morgan fingerprint density at radius 2 is 2.10 bits per heavy atom. The number of ether oxygens (including phenoxy) is 1. The number of nitrogens with one attached hydrogen (secondary N) is 2. The van der Waals surface area contributed by atoms with Crippen LogP contribution in [0.25, 0.3) is 10.2 Å². The van der Waals surface area contributed by atoms with Gasteiger partial charge in [-0.05, 0) is 19.4 Å². The van der Waals surface area contributed by atoms with Crippen LogP contribution in [0.4, 0.5) is 5.13 Å². The molecule has 0 unspecified atom stereocenters. The lowest BCUT2D eigenvalue weighted by Crippen LogP contribution is -2.35. The number of aryl methyl sites for hydroxylation is 3. The van der Waals surface area contributed by atoms with E-state index in [4.69, 9.17) is 4.74 Å². The zero-order valence-corrected chi connectivity index (χ0v) is 18.0. The van der Waals surface area contributed by atoms with E-state index in [1.807, 2.05) is 19.2 Å². The van der Waals surface area contributed by atoms with E-state index in [0.29, 0.717) is 22.8 Å². The Bertz CT molecular complexity index is 1080. The minimum atomic E-state index is -0.140. The van der Waals surface area contributed by atoms with Gasteiger partial charge in [-0.2, -0.15) is 0 Å².